The molecule has 2 N–H and O–H groups in total. The highest BCUT2D eigenvalue weighted by Crippen LogP contribution is 2.27. The summed E-state index contributed by atoms with van der Waals surface area (Å²) in [5, 5.41) is 13.1. The number of hydrogen-bond acceptors (Lipinski definition) is 3. The number of halogens is 1. The van der Waals surface area contributed by atoms with Gasteiger partial charge in [-0.25, -0.2) is 4.79 Å². The Labute approximate surface area is 128 Å². The molecule has 4 nitrogen and oxygen atoms in total. The lowest BCUT2D eigenvalue weighted by molar-refractivity contribution is 0.0698. The van der Waals surface area contributed by atoms with E-state index in [0.29, 0.717) is 16.5 Å². The van der Waals surface area contributed by atoms with Crippen LogP contribution < -0.4 is 10.1 Å². The van der Waals surface area contributed by atoms with Gasteiger partial charge in [-0.1, -0.05) is 23.7 Å². The quantitative estimate of drug-likeness (QED) is 0.868. The van der Waals surface area contributed by atoms with E-state index in [2.05, 4.69) is 5.32 Å². The van der Waals surface area contributed by atoms with E-state index in [1.165, 1.54) is 6.07 Å². The lowest BCUT2D eigenvalue weighted by atomic mass is 10.1. The summed E-state index contributed by atoms with van der Waals surface area (Å²) >= 11 is 5.87. The molecule has 0 aromatic heterocycles. The van der Waals surface area contributed by atoms with Gasteiger partial charge in [-0.3, -0.25) is 0 Å². The molecule has 1 atom stereocenters. The first-order valence-corrected chi connectivity index (χ1v) is 6.82. The molecule has 0 radical (unpaired) electrons. The van der Waals surface area contributed by atoms with Crippen LogP contribution in [0, 0.1) is 0 Å². The summed E-state index contributed by atoms with van der Waals surface area (Å²) in [6, 6.07) is 12.2. The number of carbonyl (C=O) groups is 1. The Morgan fingerprint density at radius 2 is 1.90 bits per heavy atom. The van der Waals surface area contributed by atoms with Gasteiger partial charge in [0.15, 0.2) is 0 Å². The Bertz CT molecular complexity index is 640. The molecule has 0 aliphatic carbocycles. The second kappa shape index (κ2) is 6.50. The summed E-state index contributed by atoms with van der Waals surface area (Å²) in [6.45, 7) is 1.95. The number of anilines is 1. The largest absolute Gasteiger partial charge is 0.497 e. The van der Waals surface area contributed by atoms with Crippen LogP contribution in [0.5, 0.6) is 5.75 Å². The molecule has 2 aromatic rings. The van der Waals surface area contributed by atoms with Crippen molar-refractivity contribution in [2.75, 3.05) is 12.4 Å². The van der Waals surface area contributed by atoms with E-state index in [1.54, 1.807) is 31.4 Å². The first kappa shape index (κ1) is 15.2. The van der Waals surface area contributed by atoms with Crippen molar-refractivity contribution in [3.8, 4) is 5.75 Å². The molecule has 0 aliphatic heterocycles. The minimum Gasteiger partial charge on any atom is -0.497 e. The normalized spacial score (nSPS) is 11.8. The Morgan fingerprint density at radius 3 is 2.48 bits per heavy atom. The van der Waals surface area contributed by atoms with Crippen molar-refractivity contribution in [1.82, 2.24) is 0 Å². The predicted molar refractivity (Wildman–Crippen MR) is 83.4 cm³/mol. The number of nitrogens with one attached hydrogen (secondary N) is 1. The molecule has 0 spiro atoms. The Hall–Kier alpha value is -2.20. The lowest BCUT2D eigenvalue weighted by Crippen LogP contribution is -2.10. The third-order valence-electron chi connectivity index (χ3n) is 3.20. The predicted octanol–water partition coefficient (Wildman–Crippen LogP) is 4.22. The van der Waals surface area contributed by atoms with Crippen LogP contribution in [0.4, 0.5) is 5.69 Å². The van der Waals surface area contributed by atoms with Crippen molar-refractivity contribution in [3.63, 3.8) is 0 Å². The first-order chi connectivity index (χ1) is 10.0. The summed E-state index contributed by atoms with van der Waals surface area (Å²) < 4.78 is 5.14. The molecule has 0 fully saturated rings. The molecule has 2 rings (SSSR count). The first-order valence-electron chi connectivity index (χ1n) is 6.44. The van der Waals surface area contributed by atoms with Gasteiger partial charge in [-0.2, -0.15) is 0 Å². The van der Waals surface area contributed by atoms with Crippen molar-refractivity contribution in [1.29, 1.82) is 0 Å². The number of aromatic carboxylic acids is 1. The van der Waals surface area contributed by atoms with Crippen LogP contribution in [0.1, 0.15) is 28.9 Å². The van der Waals surface area contributed by atoms with Crippen molar-refractivity contribution in [3.05, 3.63) is 58.6 Å². The molecule has 0 heterocycles. The van der Waals surface area contributed by atoms with Crippen LogP contribution in [0.3, 0.4) is 0 Å². The van der Waals surface area contributed by atoms with Crippen molar-refractivity contribution in [2.24, 2.45) is 0 Å². The number of hydrogen-bond donors (Lipinski definition) is 2. The minimum atomic E-state index is -0.983. The van der Waals surface area contributed by atoms with Gasteiger partial charge >= 0.3 is 5.97 Å². The summed E-state index contributed by atoms with van der Waals surface area (Å²) in [5.74, 6) is -0.380. The summed E-state index contributed by atoms with van der Waals surface area (Å²) in [5.41, 5.74) is 1.74. The van der Waals surface area contributed by atoms with Crippen molar-refractivity contribution >= 4 is 23.3 Å². The van der Waals surface area contributed by atoms with E-state index in [1.807, 2.05) is 19.1 Å². The third kappa shape index (κ3) is 3.67. The van der Waals surface area contributed by atoms with Gasteiger partial charge in [0.2, 0.25) is 0 Å². The summed E-state index contributed by atoms with van der Waals surface area (Å²) in [4.78, 5) is 11.3. The highest BCUT2D eigenvalue weighted by Gasteiger charge is 2.14. The van der Waals surface area contributed by atoms with Crippen LogP contribution >= 0.6 is 11.6 Å². The summed E-state index contributed by atoms with van der Waals surface area (Å²) in [7, 11) is 1.54. The molecule has 0 bridgehead atoms. The molecule has 110 valence electrons. The molecule has 1 unspecified atom stereocenters. The number of carboxylic acids is 1. The van der Waals surface area contributed by atoms with E-state index < -0.39 is 5.97 Å². The zero-order valence-electron chi connectivity index (χ0n) is 11.8. The smallest absolute Gasteiger partial charge is 0.337 e. The summed E-state index contributed by atoms with van der Waals surface area (Å²) in [6.07, 6.45) is 0. The average Bonchev–Trinajstić information content (AvgIpc) is 2.47. The van der Waals surface area contributed by atoms with Crippen molar-refractivity contribution in [2.45, 2.75) is 13.0 Å². The highest BCUT2D eigenvalue weighted by atomic mass is 35.5. The van der Waals surface area contributed by atoms with Gasteiger partial charge in [-0.15, -0.1) is 0 Å². The van der Waals surface area contributed by atoms with Crippen LogP contribution in [-0.4, -0.2) is 18.2 Å². The van der Waals surface area contributed by atoms with Gasteiger partial charge < -0.3 is 15.2 Å². The topological polar surface area (TPSA) is 58.6 Å². The van der Waals surface area contributed by atoms with E-state index in [9.17, 15) is 9.90 Å². The number of ether oxygens (including phenoxy) is 1. The number of methoxy groups -OCH3 is 1. The van der Waals surface area contributed by atoms with Gasteiger partial charge in [-0.05, 0) is 36.8 Å². The standard InChI is InChI=1S/C16H16ClNO3/c1-10(11-3-5-12(17)6-4-11)18-15-9-13(21-2)7-8-14(15)16(19)20/h3-10,18H,1-2H3,(H,19,20). The molecule has 0 aliphatic rings. The van der Waals surface area contributed by atoms with Gasteiger partial charge in [0.1, 0.15) is 5.75 Å². The molecule has 0 saturated heterocycles. The second-order valence-corrected chi connectivity index (χ2v) is 5.07. The molecular formula is C16H16ClNO3. The molecule has 21 heavy (non-hydrogen) atoms. The number of carboxylic acid groups (broad SMARTS) is 1. The van der Waals surface area contributed by atoms with Gasteiger partial charge in [0, 0.05) is 17.1 Å². The fourth-order valence-electron chi connectivity index (χ4n) is 2.02. The Balaban J connectivity index is 2.28. The van der Waals surface area contributed by atoms with Gasteiger partial charge in [0.05, 0.1) is 18.4 Å². The minimum absolute atomic E-state index is 0.0625. The highest BCUT2D eigenvalue weighted by molar-refractivity contribution is 6.30. The van der Waals surface area contributed by atoms with Crippen LogP contribution in [-0.2, 0) is 0 Å². The molecule has 2 aromatic carbocycles. The van der Waals surface area contributed by atoms with Crippen LogP contribution in [0.25, 0.3) is 0 Å². The van der Waals surface area contributed by atoms with E-state index in [0.717, 1.165) is 5.56 Å². The maximum Gasteiger partial charge on any atom is 0.337 e. The third-order valence-corrected chi connectivity index (χ3v) is 3.45. The zero-order valence-corrected chi connectivity index (χ0v) is 12.5. The van der Waals surface area contributed by atoms with E-state index >= 15 is 0 Å². The van der Waals surface area contributed by atoms with Crippen molar-refractivity contribution < 1.29 is 14.6 Å². The molecular weight excluding hydrogens is 290 g/mol. The van der Waals surface area contributed by atoms with E-state index in [-0.39, 0.29) is 11.6 Å². The average molecular weight is 306 g/mol. The molecule has 5 heteroatoms. The molecule has 0 saturated carbocycles. The maximum absolute atomic E-state index is 11.3. The maximum atomic E-state index is 11.3. The van der Waals surface area contributed by atoms with Crippen LogP contribution in [0.15, 0.2) is 42.5 Å². The second-order valence-electron chi connectivity index (χ2n) is 4.63. The van der Waals surface area contributed by atoms with Crippen LogP contribution in [0.2, 0.25) is 5.02 Å². The van der Waals surface area contributed by atoms with Gasteiger partial charge in [0.25, 0.3) is 0 Å². The Kier molecular flexibility index (Phi) is 4.70. The molecule has 0 amide bonds. The number of benzene rings is 2. The SMILES string of the molecule is COc1ccc(C(=O)O)c(NC(C)c2ccc(Cl)cc2)c1. The zero-order chi connectivity index (χ0) is 15.4. The lowest BCUT2D eigenvalue weighted by Gasteiger charge is -2.18. The monoisotopic (exact) mass is 305 g/mol. The fraction of sp³-hybridized carbons (Fsp3) is 0.188. The fourth-order valence-corrected chi connectivity index (χ4v) is 2.15. The Morgan fingerprint density at radius 1 is 1.24 bits per heavy atom. The van der Waals surface area contributed by atoms with E-state index in [4.69, 9.17) is 16.3 Å². The number of rotatable bonds is 5.